The Hall–Kier alpha value is -4.15. The van der Waals surface area contributed by atoms with Gasteiger partial charge >= 0.3 is 5.97 Å². The molecule has 0 aliphatic heterocycles. The lowest BCUT2D eigenvalue weighted by atomic mass is 10.0. The SMILES string of the molecule is CC(C)(C)OC(=O)CCCC(NC(=O)C(CCc1ccccc1)NSCc1ccccc1)C(=O)NCc1ccc(C(=N)N)cc1. The standard InChI is InChI=1S/C35H45N5O4S/c1-35(2,3)44-31(41)16-10-15-29(33(42)38-23-26-17-20-28(21-18-26)32(36)37)39-34(43)30(22-19-25-11-6-4-7-12-25)40-45-24-27-13-8-5-9-14-27/h4-9,11-14,17-18,20-21,29-30,40H,10,15-16,19,22-24H2,1-3H3,(H3,36,37)(H,38,42)(H,39,43). The van der Waals surface area contributed by atoms with Gasteiger partial charge in [-0.15, -0.1) is 0 Å². The van der Waals surface area contributed by atoms with E-state index in [0.717, 1.165) is 16.7 Å². The zero-order valence-corrected chi connectivity index (χ0v) is 27.1. The van der Waals surface area contributed by atoms with E-state index in [1.165, 1.54) is 11.9 Å². The quantitative estimate of drug-likeness (QED) is 0.0608. The maximum atomic E-state index is 13.7. The number of hydrogen-bond donors (Lipinski definition) is 5. The molecule has 0 aliphatic carbocycles. The van der Waals surface area contributed by atoms with Crippen molar-refractivity contribution in [1.82, 2.24) is 15.4 Å². The van der Waals surface area contributed by atoms with Crippen LogP contribution in [0.1, 0.15) is 68.7 Å². The number of nitrogens with two attached hydrogens (primary N) is 1. The molecule has 6 N–H and O–H groups in total. The molecule has 0 aromatic heterocycles. The van der Waals surface area contributed by atoms with Crippen LogP contribution < -0.4 is 21.1 Å². The van der Waals surface area contributed by atoms with Crippen LogP contribution in [0, 0.1) is 5.41 Å². The summed E-state index contributed by atoms with van der Waals surface area (Å²) < 4.78 is 8.75. The smallest absolute Gasteiger partial charge is 0.306 e. The number of amidine groups is 1. The molecule has 10 heteroatoms. The lowest BCUT2D eigenvalue weighted by Gasteiger charge is -2.24. The second kappa shape index (κ2) is 18.0. The van der Waals surface area contributed by atoms with Gasteiger partial charge in [0.25, 0.3) is 0 Å². The Labute approximate surface area is 270 Å². The van der Waals surface area contributed by atoms with E-state index in [2.05, 4.69) is 15.4 Å². The minimum absolute atomic E-state index is 0.0318. The molecule has 0 fully saturated rings. The summed E-state index contributed by atoms with van der Waals surface area (Å²) in [7, 11) is 0. The first kappa shape index (κ1) is 35.3. The fourth-order valence-corrected chi connectivity index (χ4v) is 5.37. The Morgan fingerprint density at radius 2 is 1.44 bits per heavy atom. The molecule has 0 saturated carbocycles. The molecule has 2 amide bonds. The second-order valence-electron chi connectivity index (χ2n) is 11.8. The highest BCUT2D eigenvalue weighted by atomic mass is 32.2. The molecule has 9 nitrogen and oxygen atoms in total. The predicted molar refractivity (Wildman–Crippen MR) is 180 cm³/mol. The summed E-state index contributed by atoms with van der Waals surface area (Å²) in [6, 6.07) is 25.6. The van der Waals surface area contributed by atoms with Gasteiger partial charge in [0, 0.05) is 24.3 Å². The van der Waals surface area contributed by atoms with E-state index in [1.54, 1.807) is 24.3 Å². The summed E-state index contributed by atoms with van der Waals surface area (Å²) in [5.74, 6) is -0.330. The number of ether oxygens (including phenoxy) is 1. The zero-order valence-electron chi connectivity index (χ0n) is 26.3. The van der Waals surface area contributed by atoms with Gasteiger partial charge < -0.3 is 21.1 Å². The van der Waals surface area contributed by atoms with Crippen LogP contribution in [-0.2, 0) is 37.8 Å². The summed E-state index contributed by atoms with van der Waals surface area (Å²) in [5.41, 5.74) is 8.61. The molecule has 45 heavy (non-hydrogen) atoms. The molecule has 2 unspecified atom stereocenters. The normalized spacial score (nSPS) is 12.5. The minimum Gasteiger partial charge on any atom is -0.460 e. The van der Waals surface area contributed by atoms with Crippen molar-refractivity contribution in [2.24, 2.45) is 5.73 Å². The molecule has 0 spiro atoms. The van der Waals surface area contributed by atoms with E-state index >= 15 is 0 Å². The average molecular weight is 632 g/mol. The van der Waals surface area contributed by atoms with Crippen molar-refractivity contribution in [3.05, 3.63) is 107 Å². The predicted octanol–water partition coefficient (Wildman–Crippen LogP) is 5.02. The molecule has 3 aromatic carbocycles. The third kappa shape index (κ3) is 13.6. The zero-order chi connectivity index (χ0) is 32.7. The fraction of sp³-hybridized carbons (Fsp3) is 0.371. The third-order valence-electron chi connectivity index (χ3n) is 6.85. The Bertz CT molecular complexity index is 1380. The Morgan fingerprint density at radius 1 is 0.822 bits per heavy atom. The molecule has 3 rings (SSSR count). The van der Waals surface area contributed by atoms with E-state index in [1.807, 2.05) is 81.4 Å². The number of nitrogen functional groups attached to an aromatic ring is 1. The van der Waals surface area contributed by atoms with Crippen LogP contribution in [0.2, 0.25) is 0 Å². The minimum atomic E-state index is -0.850. The van der Waals surface area contributed by atoms with Crippen molar-refractivity contribution in [3.63, 3.8) is 0 Å². The number of aryl methyl sites for hydroxylation is 1. The molecule has 240 valence electrons. The summed E-state index contributed by atoms with van der Waals surface area (Å²) >= 11 is 1.45. The number of amides is 2. The van der Waals surface area contributed by atoms with E-state index in [4.69, 9.17) is 15.9 Å². The molecular formula is C35H45N5O4S. The maximum absolute atomic E-state index is 13.7. The first-order valence-electron chi connectivity index (χ1n) is 15.2. The van der Waals surface area contributed by atoms with E-state index in [-0.39, 0.29) is 43.0 Å². The van der Waals surface area contributed by atoms with Gasteiger partial charge in [-0.05, 0) is 63.1 Å². The summed E-state index contributed by atoms with van der Waals surface area (Å²) in [6.07, 6.45) is 1.98. The molecule has 0 radical (unpaired) electrons. The molecule has 0 heterocycles. The van der Waals surface area contributed by atoms with Crippen LogP contribution in [0.15, 0.2) is 84.9 Å². The van der Waals surface area contributed by atoms with Gasteiger partial charge in [-0.25, -0.2) is 0 Å². The van der Waals surface area contributed by atoms with Crippen LogP contribution in [0.4, 0.5) is 0 Å². The summed E-state index contributed by atoms with van der Waals surface area (Å²) in [5, 5.41) is 13.4. The van der Waals surface area contributed by atoms with Gasteiger partial charge in [0.15, 0.2) is 0 Å². The number of esters is 1. The number of hydrogen-bond acceptors (Lipinski definition) is 7. The van der Waals surface area contributed by atoms with Crippen LogP contribution in [0.5, 0.6) is 0 Å². The largest absolute Gasteiger partial charge is 0.460 e. The lowest BCUT2D eigenvalue weighted by molar-refractivity contribution is -0.155. The van der Waals surface area contributed by atoms with Crippen molar-refractivity contribution in [3.8, 4) is 0 Å². The molecule has 0 saturated heterocycles. The number of rotatable bonds is 17. The lowest BCUT2D eigenvalue weighted by Crippen LogP contribution is -2.52. The van der Waals surface area contributed by atoms with Crippen molar-refractivity contribution >= 4 is 35.6 Å². The Kier molecular flexibility index (Phi) is 14.1. The van der Waals surface area contributed by atoms with Crippen molar-refractivity contribution < 1.29 is 19.1 Å². The van der Waals surface area contributed by atoms with Gasteiger partial charge in [0.1, 0.15) is 17.5 Å². The monoisotopic (exact) mass is 631 g/mol. The highest BCUT2D eigenvalue weighted by Gasteiger charge is 2.26. The number of carbonyl (C=O) groups excluding carboxylic acids is 3. The number of carbonyl (C=O) groups is 3. The first-order valence-corrected chi connectivity index (χ1v) is 16.2. The van der Waals surface area contributed by atoms with Gasteiger partial charge in [-0.3, -0.25) is 24.5 Å². The molecular weight excluding hydrogens is 586 g/mol. The fourth-order valence-electron chi connectivity index (χ4n) is 4.50. The van der Waals surface area contributed by atoms with Crippen molar-refractivity contribution in [2.75, 3.05) is 0 Å². The number of nitrogens with one attached hydrogen (secondary N) is 4. The van der Waals surface area contributed by atoms with Crippen LogP contribution in [0.25, 0.3) is 0 Å². The molecule has 0 aliphatic rings. The van der Waals surface area contributed by atoms with E-state index in [9.17, 15) is 14.4 Å². The third-order valence-corrected chi connectivity index (χ3v) is 7.78. The van der Waals surface area contributed by atoms with Gasteiger partial charge in [0.2, 0.25) is 11.8 Å². The summed E-state index contributed by atoms with van der Waals surface area (Å²) in [6.45, 7) is 5.66. The highest BCUT2D eigenvalue weighted by molar-refractivity contribution is 7.96. The van der Waals surface area contributed by atoms with Gasteiger partial charge in [-0.1, -0.05) is 96.9 Å². The Morgan fingerprint density at radius 3 is 2.04 bits per heavy atom. The van der Waals surface area contributed by atoms with E-state index < -0.39 is 17.7 Å². The van der Waals surface area contributed by atoms with E-state index in [0.29, 0.717) is 30.6 Å². The van der Waals surface area contributed by atoms with Gasteiger partial charge in [-0.2, -0.15) is 0 Å². The topological polar surface area (TPSA) is 146 Å². The second-order valence-corrected chi connectivity index (χ2v) is 12.7. The van der Waals surface area contributed by atoms with Crippen LogP contribution in [-0.4, -0.2) is 41.3 Å². The Balaban J connectivity index is 1.68. The maximum Gasteiger partial charge on any atom is 0.306 e. The highest BCUT2D eigenvalue weighted by Crippen LogP contribution is 2.15. The van der Waals surface area contributed by atoms with Gasteiger partial charge in [0.05, 0.1) is 6.04 Å². The average Bonchev–Trinajstić information content (AvgIpc) is 3.01. The summed E-state index contributed by atoms with van der Waals surface area (Å²) in [4.78, 5) is 39.4. The first-order chi connectivity index (χ1) is 21.5. The molecule has 2 atom stereocenters. The molecule has 3 aromatic rings. The van der Waals surface area contributed by atoms with Crippen LogP contribution >= 0.6 is 11.9 Å². The van der Waals surface area contributed by atoms with Crippen molar-refractivity contribution in [2.45, 2.75) is 82.9 Å². The van der Waals surface area contributed by atoms with Crippen molar-refractivity contribution in [1.29, 1.82) is 5.41 Å². The van der Waals surface area contributed by atoms with Crippen LogP contribution in [0.3, 0.4) is 0 Å². The molecule has 0 bridgehead atoms. The number of benzene rings is 3.